The number of nitrogens with one attached hydrogen (secondary N) is 3. The number of guanidine groups is 1. The summed E-state index contributed by atoms with van der Waals surface area (Å²) >= 11 is 0. The van der Waals surface area contributed by atoms with Crippen LogP contribution in [0.15, 0.2) is 17.1 Å². The van der Waals surface area contributed by atoms with E-state index in [1.165, 1.54) is 0 Å². The first-order chi connectivity index (χ1) is 13.1. The monoisotopic (exact) mass is 506 g/mol. The maximum atomic E-state index is 11.7. The molecule has 0 spiro atoms. The molecular formula is C19H31IN4O4. The van der Waals surface area contributed by atoms with Crippen LogP contribution in [0, 0.1) is 0 Å². The van der Waals surface area contributed by atoms with Gasteiger partial charge in [-0.15, -0.1) is 24.0 Å². The Labute approximate surface area is 183 Å². The van der Waals surface area contributed by atoms with Crippen LogP contribution in [-0.2, 0) is 4.79 Å². The van der Waals surface area contributed by atoms with Gasteiger partial charge in [-0.05, 0) is 26.2 Å². The first kappa shape index (κ1) is 24.1. The maximum Gasteiger partial charge on any atom is 0.220 e. The number of hydrogen-bond acceptors (Lipinski definition) is 5. The number of benzene rings is 1. The van der Waals surface area contributed by atoms with Crippen LogP contribution in [0.4, 0.5) is 5.69 Å². The van der Waals surface area contributed by atoms with Crippen LogP contribution in [0.2, 0.25) is 0 Å². The zero-order valence-corrected chi connectivity index (χ0v) is 19.3. The number of aliphatic imine (C=N–C) groups is 1. The van der Waals surface area contributed by atoms with Crippen molar-refractivity contribution in [2.45, 2.75) is 38.6 Å². The summed E-state index contributed by atoms with van der Waals surface area (Å²) in [5, 5.41) is 9.41. The van der Waals surface area contributed by atoms with Crippen LogP contribution in [0.25, 0.3) is 0 Å². The predicted octanol–water partition coefficient (Wildman–Crippen LogP) is 2.77. The molecule has 0 heterocycles. The Balaban J connectivity index is 0.00000392. The minimum atomic E-state index is 0. The summed E-state index contributed by atoms with van der Waals surface area (Å²) in [6.45, 7) is 3.27. The van der Waals surface area contributed by atoms with E-state index in [9.17, 15) is 4.79 Å². The van der Waals surface area contributed by atoms with E-state index in [4.69, 9.17) is 14.2 Å². The van der Waals surface area contributed by atoms with Gasteiger partial charge in [-0.2, -0.15) is 0 Å². The third-order valence-corrected chi connectivity index (χ3v) is 4.05. The number of halogens is 1. The highest BCUT2D eigenvalue weighted by molar-refractivity contribution is 14.0. The van der Waals surface area contributed by atoms with Crippen molar-refractivity contribution < 1.29 is 19.0 Å². The topological polar surface area (TPSA) is 93.2 Å². The molecule has 3 N–H and O–H groups in total. The van der Waals surface area contributed by atoms with E-state index in [0.29, 0.717) is 48.6 Å². The third kappa shape index (κ3) is 7.61. The second-order valence-electron chi connectivity index (χ2n) is 6.25. The minimum absolute atomic E-state index is 0. The second-order valence-corrected chi connectivity index (χ2v) is 6.25. The van der Waals surface area contributed by atoms with Crippen molar-refractivity contribution in [3.8, 4) is 17.2 Å². The Morgan fingerprint density at radius 3 is 2.29 bits per heavy atom. The molecule has 0 aromatic heterocycles. The Morgan fingerprint density at radius 2 is 1.79 bits per heavy atom. The number of ether oxygens (including phenoxy) is 3. The summed E-state index contributed by atoms with van der Waals surface area (Å²) in [6, 6.07) is 4.04. The number of hydrogen-bond donors (Lipinski definition) is 3. The van der Waals surface area contributed by atoms with Gasteiger partial charge in [0.2, 0.25) is 11.7 Å². The van der Waals surface area contributed by atoms with Crippen molar-refractivity contribution in [1.29, 1.82) is 0 Å². The average molecular weight is 506 g/mol. The van der Waals surface area contributed by atoms with Gasteiger partial charge in [-0.25, -0.2) is 0 Å². The average Bonchev–Trinajstić information content (AvgIpc) is 3.48. The van der Waals surface area contributed by atoms with Gasteiger partial charge >= 0.3 is 0 Å². The summed E-state index contributed by atoms with van der Waals surface area (Å²) in [6.07, 6.45) is 3.40. The van der Waals surface area contributed by atoms with Crippen LogP contribution in [0.1, 0.15) is 32.6 Å². The molecule has 158 valence electrons. The molecule has 0 aliphatic heterocycles. The number of carbonyl (C=O) groups is 1. The number of rotatable bonds is 10. The Bertz CT molecular complexity index is 640. The molecule has 0 unspecified atom stereocenters. The first-order valence-electron chi connectivity index (χ1n) is 9.26. The smallest absolute Gasteiger partial charge is 0.220 e. The fourth-order valence-corrected chi connectivity index (χ4v) is 2.56. The molecule has 0 atom stereocenters. The molecule has 1 amide bonds. The van der Waals surface area contributed by atoms with E-state index in [-0.39, 0.29) is 29.9 Å². The third-order valence-electron chi connectivity index (χ3n) is 4.05. The molecule has 1 fully saturated rings. The van der Waals surface area contributed by atoms with Crippen molar-refractivity contribution in [2.75, 3.05) is 39.7 Å². The number of carbonyl (C=O) groups excluding carboxylic acids is 1. The number of anilines is 1. The van der Waals surface area contributed by atoms with E-state index in [1.54, 1.807) is 21.3 Å². The summed E-state index contributed by atoms with van der Waals surface area (Å²) in [7, 11) is 4.72. The van der Waals surface area contributed by atoms with Crippen LogP contribution in [-0.4, -0.2) is 52.3 Å². The Morgan fingerprint density at radius 1 is 1.14 bits per heavy atom. The van der Waals surface area contributed by atoms with Gasteiger partial charge in [0.1, 0.15) is 0 Å². The van der Waals surface area contributed by atoms with Gasteiger partial charge in [0.25, 0.3) is 0 Å². The molecule has 1 aromatic rings. The van der Waals surface area contributed by atoms with E-state index < -0.39 is 0 Å². The lowest BCUT2D eigenvalue weighted by Gasteiger charge is -2.16. The quantitative estimate of drug-likeness (QED) is 0.196. The summed E-state index contributed by atoms with van der Waals surface area (Å²) in [5.74, 6) is 2.40. The molecule has 1 aliphatic carbocycles. The highest BCUT2D eigenvalue weighted by atomic mass is 127. The normalized spacial score (nSPS) is 13.2. The van der Waals surface area contributed by atoms with Crippen molar-refractivity contribution in [2.24, 2.45) is 4.99 Å². The van der Waals surface area contributed by atoms with E-state index >= 15 is 0 Å². The Kier molecular flexibility index (Phi) is 10.8. The molecular weight excluding hydrogens is 475 g/mol. The maximum absolute atomic E-state index is 11.7. The lowest BCUT2D eigenvalue weighted by atomic mass is 10.2. The van der Waals surface area contributed by atoms with Crippen molar-refractivity contribution in [1.82, 2.24) is 10.6 Å². The van der Waals surface area contributed by atoms with E-state index in [1.807, 2.05) is 19.1 Å². The van der Waals surface area contributed by atoms with Gasteiger partial charge in [0.05, 0.1) is 21.3 Å². The molecule has 8 nitrogen and oxygen atoms in total. The summed E-state index contributed by atoms with van der Waals surface area (Å²) in [4.78, 5) is 16.3. The van der Waals surface area contributed by atoms with Crippen molar-refractivity contribution in [3.05, 3.63) is 12.1 Å². The summed E-state index contributed by atoms with van der Waals surface area (Å²) in [5.41, 5.74) is 0.760. The number of amides is 1. The van der Waals surface area contributed by atoms with Gasteiger partial charge in [0, 0.05) is 43.4 Å². The van der Waals surface area contributed by atoms with Crippen LogP contribution in [0.3, 0.4) is 0 Å². The highest BCUT2D eigenvalue weighted by Gasteiger charge is 2.22. The van der Waals surface area contributed by atoms with Crippen LogP contribution < -0.4 is 30.2 Å². The molecule has 0 saturated heterocycles. The lowest BCUT2D eigenvalue weighted by Crippen LogP contribution is -2.31. The van der Waals surface area contributed by atoms with Crippen molar-refractivity contribution in [3.63, 3.8) is 0 Å². The fraction of sp³-hybridized carbons (Fsp3) is 0.579. The largest absolute Gasteiger partial charge is 0.493 e. The fourth-order valence-electron chi connectivity index (χ4n) is 2.56. The molecule has 1 aliphatic rings. The Hall–Kier alpha value is -1.91. The van der Waals surface area contributed by atoms with E-state index in [0.717, 1.165) is 25.1 Å². The number of methoxy groups -OCH3 is 3. The van der Waals surface area contributed by atoms with Crippen LogP contribution >= 0.6 is 24.0 Å². The minimum Gasteiger partial charge on any atom is -0.493 e. The van der Waals surface area contributed by atoms with Crippen molar-refractivity contribution >= 4 is 41.5 Å². The molecule has 2 rings (SSSR count). The zero-order valence-electron chi connectivity index (χ0n) is 17.0. The molecule has 1 aromatic carbocycles. The lowest BCUT2D eigenvalue weighted by molar-refractivity contribution is -0.121. The van der Waals surface area contributed by atoms with Gasteiger partial charge in [-0.1, -0.05) is 0 Å². The number of nitrogens with zero attached hydrogens (tertiary/aromatic N) is 1. The molecule has 28 heavy (non-hydrogen) atoms. The highest BCUT2D eigenvalue weighted by Crippen LogP contribution is 2.39. The second kappa shape index (κ2) is 12.5. The molecule has 9 heteroatoms. The van der Waals surface area contributed by atoms with Crippen LogP contribution in [0.5, 0.6) is 17.2 Å². The van der Waals surface area contributed by atoms with E-state index in [2.05, 4.69) is 20.9 Å². The summed E-state index contributed by atoms with van der Waals surface area (Å²) < 4.78 is 16.1. The van der Waals surface area contributed by atoms with Gasteiger partial charge < -0.3 is 30.2 Å². The van der Waals surface area contributed by atoms with Gasteiger partial charge in [0.15, 0.2) is 17.5 Å². The SMILES string of the molecule is CCNC(=NCCCC(=O)NC1CC1)Nc1cc(OC)c(OC)c(OC)c1.I. The molecule has 0 bridgehead atoms. The van der Waals surface area contributed by atoms with Gasteiger partial charge in [-0.3, -0.25) is 9.79 Å². The molecule has 1 saturated carbocycles. The first-order valence-corrected chi connectivity index (χ1v) is 9.26. The zero-order chi connectivity index (χ0) is 19.6. The predicted molar refractivity (Wildman–Crippen MR) is 122 cm³/mol. The standard InChI is InChI=1S/C19H30N4O4.HI/c1-5-20-19(21-10-6-7-17(24)22-13-8-9-13)23-14-11-15(25-2)18(27-4)16(12-14)26-3;/h11-13H,5-10H2,1-4H3,(H,22,24)(H2,20,21,23);1H. The molecule has 0 radical (unpaired) electrons.